The van der Waals surface area contributed by atoms with Crippen molar-refractivity contribution in [2.45, 2.75) is 6.92 Å². The van der Waals surface area contributed by atoms with Crippen LogP contribution in [0.25, 0.3) is 5.69 Å². The van der Waals surface area contributed by atoms with Gasteiger partial charge < -0.3 is 10.1 Å². The highest BCUT2D eigenvalue weighted by Gasteiger charge is 2.18. The molecule has 0 saturated heterocycles. The summed E-state index contributed by atoms with van der Waals surface area (Å²) in [5.41, 5.74) is 2.43. The Hall–Kier alpha value is -2.67. The molecule has 1 heterocycles. The fraction of sp³-hybridized carbons (Fsp3) is 0.111. The summed E-state index contributed by atoms with van der Waals surface area (Å²) in [7, 11) is 1.46. The highest BCUT2D eigenvalue weighted by atomic mass is 79.9. The van der Waals surface area contributed by atoms with Crippen molar-refractivity contribution in [1.29, 1.82) is 0 Å². The van der Waals surface area contributed by atoms with Gasteiger partial charge in [0.2, 0.25) is 0 Å². The lowest BCUT2D eigenvalue weighted by atomic mass is 10.2. The molecule has 0 aliphatic rings. The number of rotatable bonds is 4. The van der Waals surface area contributed by atoms with E-state index in [1.165, 1.54) is 23.9 Å². The first-order valence-electron chi connectivity index (χ1n) is 7.45. The molecule has 25 heavy (non-hydrogen) atoms. The Bertz CT molecular complexity index is 923. The molecule has 128 valence electrons. The third-order valence-corrected chi connectivity index (χ3v) is 4.51. The topological polar surface area (TPSA) is 56.2 Å². The van der Waals surface area contributed by atoms with Gasteiger partial charge >= 0.3 is 0 Å². The molecule has 0 radical (unpaired) electrons. The second kappa shape index (κ2) is 7.06. The molecular formula is C18H15BrFN3O2. The summed E-state index contributed by atoms with van der Waals surface area (Å²) in [5.74, 6) is -0.401. The van der Waals surface area contributed by atoms with Crippen LogP contribution in [-0.4, -0.2) is 22.8 Å². The Morgan fingerprint density at radius 3 is 2.60 bits per heavy atom. The molecule has 3 rings (SSSR count). The lowest BCUT2D eigenvalue weighted by Gasteiger charge is -2.06. The molecule has 0 aliphatic heterocycles. The minimum absolute atomic E-state index is 0.146. The van der Waals surface area contributed by atoms with Gasteiger partial charge in [0.1, 0.15) is 5.82 Å². The van der Waals surface area contributed by atoms with E-state index in [4.69, 9.17) is 4.74 Å². The highest BCUT2D eigenvalue weighted by molar-refractivity contribution is 9.10. The number of hydrogen-bond acceptors (Lipinski definition) is 3. The number of aryl methyl sites for hydroxylation is 1. The van der Waals surface area contributed by atoms with Crippen molar-refractivity contribution in [1.82, 2.24) is 9.78 Å². The Labute approximate surface area is 152 Å². The minimum atomic E-state index is -0.389. The molecular weight excluding hydrogens is 389 g/mol. The van der Waals surface area contributed by atoms with Crippen LogP contribution in [-0.2, 0) is 0 Å². The first-order valence-corrected chi connectivity index (χ1v) is 8.24. The maximum atomic E-state index is 13.1. The normalized spacial score (nSPS) is 10.6. The van der Waals surface area contributed by atoms with E-state index in [1.807, 2.05) is 19.1 Å². The number of benzene rings is 2. The number of carbonyl (C=O) groups is 1. The van der Waals surface area contributed by atoms with Crippen LogP contribution in [0.1, 0.15) is 16.1 Å². The van der Waals surface area contributed by atoms with Crippen molar-refractivity contribution in [3.63, 3.8) is 0 Å². The monoisotopic (exact) mass is 403 g/mol. The second-order valence-electron chi connectivity index (χ2n) is 5.39. The lowest BCUT2D eigenvalue weighted by Crippen LogP contribution is -2.14. The highest BCUT2D eigenvalue weighted by Crippen LogP contribution is 2.23. The van der Waals surface area contributed by atoms with E-state index >= 15 is 0 Å². The van der Waals surface area contributed by atoms with Crippen LogP contribution in [0.15, 0.2) is 53.1 Å². The maximum Gasteiger partial charge on any atom is 0.280 e. The lowest BCUT2D eigenvalue weighted by molar-refractivity contribution is 0.101. The quantitative estimate of drug-likeness (QED) is 0.704. The summed E-state index contributed by atoms with van der Waals surface area (Å²) in [4.78, 5) is 12.6. The molecule has 2 aromatic carbocycles. The fourth-order valence-corrected chi connectivity index (χ4v) is 2.55. The van der Waals surface area contributed by atoms with Crippen molar-refractivity contribution in [3.05, 3.63) is 70.2 Å². The Balaban J connectivity index is 1.89. The number of nitrogens with zero attached hydrogens (tertiary/aromatic N) is 2. The van der Waals surface area contributed by atoms with Gasteiger partial charge in [0.15, 0.2) is 11.4 Å². The molecule has 0 bridgehead atoms. The van der Waals surface area contributed by atoms with Gasteiger partial charge in [-0.05, 0) is 55.0 Å². The number of anilines is 1. The van der Waals surface area contributed by atoms with Gasteiger partial charge in [-0.3, -0.25) is 4.79 Å². The molecule has 1 N–H and O–H groups in total. The third kappa shape index (κ3) is 3.71. The van der Waals surface area contributed by atoms with Crippen LogP contribution >= 0.6 is 15.9 Å². The van der Waals surface area contributed by atoms with Crippen molar-refractivity contribution in [3.8, 4) is 11.4 Å². The van der Waals surface area contributed by atoms with E-state index in [0.717, 1.165) is 10.0 Å². The number of nitrogens with one attached hydrogen (secondary N) is 1. The zero-order chi connectivity index (χ0) is 18.0. The Morgan fingerprint density at radius 2 is 1.96 bits per heavy atom. The number of amides is 1. The number of halogens is 2. The summed E-state index contributed by atoms with van der Waals surface area (Å²) in [6, 6.07) is 11.3. The van der Waals surface area contributed by atoms with Crippen LogP contribution in [0.3, 0.4) is 0 Å². The largest absolute Gasteiger partial charge is 0.493 e. The van der Waals surface area contributed by atoms with Crippen LogP contribution in [0.5, 0.6) is 5.75 Å². The standard InChI is InChI=1S/C18H15BrFN3O2/c1-11-9-13(5-8-15(11)19)21-18(24)17-16(25-2)10-23(22-17)14-6-3-12(20)4-7-14/h3-10H,1-2H3,(H,21,24). The number of ether oxygens (including phenoxy) is 1. The fourth-order valence-electron chi connectivity index (χ4n) is 2.30. The molecule has 0 atom stereocenters. The van der Waals surface area contributed by atoms with Gasteiger partial charge in [0, 0.05) is 10.2 Å². The zero-order valence-electron chi connectivity index (χ0n) is 13.6. The molecule has 1 amide bonds. The minimum Gasteiger partial charge on any atom is -0.493 e. The van der Waals surface area contributed by atoms with E-state index in [-0.39, 0.29) is 17.4 Å². The zero-order valence-corrected chi connectivity index (χ0v) is 15.2. The second-order valence-corrected chi connectivity index (χ2v) is 6.24. The predicted octanol–water partition coefficient (Wildman–Crippen LogP) is 4.34. The van der Waals surface area contributed by atoms with E-state index in [0.29, 0.717) is 17.1 Å². The summed E-state index contributed by atoms with van der Waals surface area (Å²) < 4.78 is 20.7. The predicted molar refractivity (Wildman–Crippen MR) is 96.9 cm³/mol. The van der Waals surface area contributed by atoms with Crippen molar-refractivity contribution >= 4 is 27.5 Å². The maximum absolute atomic E-state index is 13.1. The van der Waals surface area contributed by atoms with Gasteiger partial charge in [-0.25, -0.2) is 9.07 Å². The molecule has 7 heteroatoms. The molecule has 0 saturated carbocycles. The summed E-state index contributed by atoms with van der Waals surface area (Å²) in [6.45, 7) is 1.93. The number of hydrogen-bond donors (Lipinski definition) is 1. The SMILES string of the molecule is COc1cn(-c2ccc(F)cc2)nc1C(=O)Nc1ccc(Br)c(C)c1. The first-order chi connectivity index (χ1) is 12.0. The number of aromatic nitrogens is 2. The first kappa shape index (κ1) is 17.2. The average molecular weight is 404 g/mol. The molecule has 0 fully saturated rings. The van der Waals surface area contributed by atoms with Crippen LogP contribution in [0.4, 0.5) is 10.1 Å². The summed E-state index contributed by atoms with van der Waals surface area (Å²) >= 11 is 3.42. The van der Waals surface area contributed by atoms with Gasteiger partial charge in [-0.15, -0.1) is 0 Å². The summed E-state index contributed by atoms with van der Waals surface area (Å²) in [5, 5.41) is 7.06. The molecule has 0 aliphatic carbocycles. The van der Waals surface area contributed by atoms with E-state index in [2.05, 4.69) is 26.3 Å². The van der Waals surface area contributed by atoms with Gasteiger partial charge in [-0.1, -0.05) is 15.9 Å². The van der Waals surface area contributed by atoms with Gasteiger partial charge in [0.05, 0.1) is 19.0 Å². The number of methoxy groups -OCH3 is 1. The number of carbonyl (C=O) groups excluding carboxylic acids is 1. The van der Waals surface area contributed by atoms with E-state index < -0.39 is 0 Å². The smallest absolute Gasteiger partial charge is 0.280 e. The van der Waals surface area contributed by atoms with Crippen molar-refractivity contribution in [2.24, 2.45) is 0 Å². The van der Waals surface area contributed by atoms with E-state index in [9.17, 15) is 9.18 Å². The molecule has 3 aromatic rings. The van der Waals surface area contributed by atoms with Crippen LogP contribution < -0.4 is 10.1 Å². The Morgan fingerprint density at radius 1 is 1.24 bits per heavy atom. The molecule has 0 unspecified atom stereocenters. The van der Waals surface area contributed by atoms with Crippen molar-refractivity contribution < 1.29 is 13.9 Å². The Kier molecular flexibility index (Phi) is 4.85. The van der Waals surface area contributed by atoms with Gasteiger partial charge in [0.25, 0.3) is 5.91 Å². The molecule has 1 aromatic heterocycles. The molecule has 0 spiro atoms. The third-order valence-electron chi connectivity index (χ3n) is 3.62. The van der Waals surface area contributed by atoms with Crippen molar-refractivity contribution in [2.75, 3.05) is 12.4 Å². The molecule has 5 nitrogen and oxygen atoms in total. The average Bonchev–Trinajstić information content (AvgIpc) is 3.03. The van der Waals surface area contributed by atoms with Gasteiger partial charge in [-0.2, -0.15) is 5.10 Å². The summed E-state index contributed by atoms with van der Waals surface area (Å²) in [6.07, 6.45) is 1.58. The van der Waals surface area contributed by atoms with Crippen LogP contribution in [0.2, 0.25) is 0 Å². The van der Waals surface area contributed by atoms with E-state index in [1.54, 1.807) is 24.4 Å². The van der Waals surface area contributed by atoms with Crippen LogP contribution in [0, 0.1) is 12.7 Å².